The van der Waals surface area contributed by atoms with Crippen LogP contribution in [-0.2, 0) is 4.79 Å². The maximum absolute atomic E-state index is 11.9. The first kappa shape index (κ1) is 13.4. The lowest BCUT2D eigenvalue weighted by molar-refractivity contribution is -0.135. The molecule has 1 N–H and O–H groups in total. The number of amides is 1. The Morgan fingerprint density at radius 1 is 1.53 bits per heavy atom. The van der Waals surface area contributed by atoms with Gasteiger partial charge in [0.2, 0.25) is 5.91 Å². The molecule has 0 aromatic carbocycles. The number of hydrogen-bond acceptors (Lipinski definition) is 2. The van der Waals surface area contributed by atoms with E-state index in [1.54, 1.807) is 0 Å². The van der Waals surface area contributed by atoms with Crippen LogP contribution in [0.3, 0.4) is 0 Å². The molecule has 15 heavy (non-hydrogen) atoms. The molecule has 0 aromatic heterocycles. The molecule has 0 spiro atoms. The standard InChI is InChI=1S/C9H14Cl2N2O.ClH/c1-6-5-12-2-3-13(6)8(14)7-4-9(7,10)11;/h6-7,12H,2-5H2,1H3;1H. The van der Waals surface area contributed by atoms with Crippen LogP contribution in [0.5, 0.6) is 0 Å². The third-order valence-corrected chi connectivity index (χ3v) is 3.74. The zero-order chi connectivity index (χ0) is 10.3. The molecule has 2 fully saturated rings. The summed E-state index contributed by atoms with van der Waals surface area (Å²) in [5, 5.41) is 3.24. The van der Waals surface area contributed by atoms with Gasteiger partial charge in [0.05, 0.1) is 5.92 Å². The van der Waals surface area contributed by atoms with Crippen molar-refractivity contribution in [2.24, 2.45) is 5.92 Å². The van der Waals surface area contributed by atoms with Crippen LogP contribution in [0.25, 0.3) is 0 Å². The summed E-state index contributed by atoms with van der Waals surface area (Å²) in [7, 11) is 0. The molecule has 88 valence electrons. The quantitative estimate of drug-likeness (QED) is 0.733. The van der Waals surface area contributed by atoms with Crippen molar-refractivity contribution in [1.82, 2.24) is 10.2 Å². The van der Waals surface area contributed by atoms with E-state index in [2.05, 4.69) is 5.32 Å². The number of carbonyl (C=O) groups is 1. The van der Waals surface area contributed by atoms with E-state index in [4.69, 9.17) is 23.2 Å². The van der Waals surface area contributed by atoms with Gasteiger partial charge in [-0.3, -0.25) is 4.79 Å². The lowest BCUT2D eigenvalue weighted by Crippen LogP contribution is -2.53. The fraction of sp³-hybridized carbons (Fsp3) is 0.889. The molecule has 0 radical (unpaired) electrons. The number of hydrogen-bond donors (Lipinski definition) is 1. The highest BCUT2D eigenvalue weighted by molar-refractivity contribution is 6.52. The lowest BCUT2D eigenvalue weighted by Gasteiger charge is -2.34. The molecule has 6 heteroatoms. The summed E-state index contributed by atoms with van der Waals surface area (Å²) in [6.45, 7) is 4.52. The maximum atomic E-state index is 11.9. The lowest BCUT2D eigenvalue weighted by atomic mass is 10.2. The fourth-order valence-electron chi connectivity index (χ4n) is 1.85. The van der Waals surface area contributed by atoms with E-state index in [0.717, 1.165) is 19.6 Å². The molecule has 3 nitrogen and oxygen atoms in total. The second-order valence-electron chi connectivity index (χ2n) is 4.10. The number of alkyl halides is 2. The first-order valence-electron chi connectivity index (χ1n) is 4.91. The van der Waals surface area contributed by atoms with Crippen LogP contribution in [0.1, 0.15) is 13.3 Å². The summed E-state index contributed by atoms with van der Waals surface area (Å²) in [6.07, 6.45) is 0.603. The second kappa shape index (κ2) is 4.66. The first-order valence-corrected chi connectivity index (χ1v) is 5.67. The highest BCUT2D eigenvalue weighted by atomic mass is 35.5. The molecule has 1 amide bonds. The molecule has 0 bridgehead atoms. The van der Waals surface area contributed by atoms with Crippen molar-refractivity contribution in [3.8, 4) is 0 Å². The van der Waals surface area contributed by atoms with Gasteiger partial charge in [0.1, 0.15) is 4.33 Å². The van der Waals surface area contributed by atoms with E-state index in [1.807, 2.05) is 11.8 Å². The van der Waals surface area contributed by atoms with Crippen molar-refractivity contribution in [3.63, 3.8) is 0 Å². The van der Waals surface area contributed by atoms with Crippen LogP contribution >= 0.6 is 35.6 Å². The number of rotatable bonds is 1. The van der Waals surface area contributed by atoms with Crippen LogP contribution in [0.15, 0.2) is 0 Å². The molecule has 1 saturated heterocycles. The Hall–Kier alpha value is 0.300. The number of piperazine rings is 1. The summed E-state index contributed by atoms with van der Waals surface area (Å²) in [5.41, 5.74) is 0. The molecule has 2 aliphatic rings. The van der Waals surface area contributed by atoms with Crippen molar-refractivity contribution >= 4 is 41.5 Å². The van der Waals surface area contributed by atoms with Gasteiger partial charge in [-0.1, -0.05) is 0 Å². The molecular weight excluding hydrogens is 258 g/mol. The van der Waals surface area contributed by atoms with Gasteiger partial charge < -0.3 is 10.2 Å². The Morgan fingerprint density at radius 2 is 2.13 bits per heavy atom. The monoisotopic (exact) mass is 272 g/mol. The smallest absolute Gasteiger partial charge is 0.229 e. The number of nitrogens with one attached hydrogen (secondary N) is 1. The highest BCUT2D eigenvalue weighted by Crippen LogP contribution is 2.54. The molecule has 1 saturated carbocycles. The van der Waals surface area contributed by atoms with E-state index in [-0.39, 0.29) is 30.3 Å². The molecule has 1 aliphatic heterocycles. The summed E-state index contributed by atoms with van der Waals surface area (Å²) in [6, 6.07) is 0.251. The van der Waals surface area contributed by atoms with Crippen molar-refractivity contribution in [2.45, 2.75) is 23.7 Å². The van der Waals surface area contributed by atoms with Crippen molar-refractivity contribution < 1.29 is 4.79 Å². The van der Waals surface area contributed by atoms with Crippen LogP contribution in [0.2, 0.25) is 0 Å². The average Bonchev–Trinajstić information content (AvgIpc) is 2.75. The zero-order valence-corrected chi connectivity index (χ0v) is 10.8. The molecular formula is C9H15Cl3N2O. The van der Waals surface area contributed by atoms with Gasteiger partial charge >= 0.3 is 0 Å². The van der Waals surface area contributed by atoms with E-state index in [9.17, 15) is 4.79 Å². The largest absolute Gasteiger partial charge is 0.337 e. The summed E-state index contributed by atoms with van der Waals surface area (Å²) >= 11 is 11.7. The first-order chi connectivity index (χ1) is 6.52. The van der Waals surface area contributed by atoms with Crippen LogP contribution in [-0.4, -0.2) is 40.8 Å². The second-order valence-corrected chi connectivity index (χ2v) is 5.64. The van der Waals surface area contributed by atoms with E-state index >= 15 is 0 Å². The van der Waals surface area contributed by atoms with Crippen LogP contribution < -0.4 is 5.32 Å². The summed E-state index contributed by atoms with van der Waals surface area (Å²) in [4.78, 5) is 13.8. The predicted molar refractivity (Wildman–Crippen MR) is 63.8 cm³/mol. The third kappa shape index (κ3) is 2.70. The maximum Gasteiger partial charge on any atom is 0.229 e. The van der Waals surface area contributed by atoms with Crippen molar-refractivity contribution in [2.75, 3.05) is 19.6 Å². The molecule has 1 aliphatic carbocycles. The van der Waals surface area contributed by atoms with Gasteiger partial charge in [-0.15, -0.1) is 35.6 Å². The molecule has 2 unspecified atom stereocenters. The fourth-order valence-corrected chi connectivity index (χ4v) is 2.35. The van der Waals surface area contributed by atoms with Gasteiger partial charge in [0.25, 0.3) is 0 Å². The van der Waals surface area contributed by atoms with Crippen LogP contribution in [0, 0.1) is 5.92 Å². The minimum Gasteiger partial charge on any atom is -0.337 e. The van der Waals surface area contributed by atoms with Crippen LogP contribution in [0.4, 0.5) is 0 Å². The Bertz CT molecular complexity index is 260. The Balaban J connectivity index is 0.00000112. The summed E-state index contributed by atoms with van der Waals surface area (Å²) < 4.78 is -0.790. The van der Waals surface area contributed by atoms with Gasteiger partial charge in [-0.25, -0.2) is 0 Å². The van der Waals surface area contributed by atoms with Gasteiger partial charge in [-0.05, 0) is 13.3 Å². The highest BCUT2D eigenvalue weighted by Gasteiger charge is 2.57. The normalized spacial score (nSPS) is 33.1. The SMILES string of the molecule is CC1CNCCN1C(=O)C1CC1(Cl)Cl.Cl. The van der Waals surface area contributed by atoms with Gasteiger partial charge in [-0.2, -0.15) is 0 Å². The van der Waals surface area contributed by atoms with E-state index < -0.39 is 4.33 Å². The predicted octanol–water partition coefficient (Wildman–Crippen LogP) is 1.42. The molecule has 2 atom stereocenters. The molecule has 2 rings (SSSR count). The topological polar surface area (TPSA) is 32.3 Å². The number of carbonyl (C=O) groups excluding carboxylic acids is 1. The Morgan fingerprint density at radius 3 is 2.60 bits per heavy atom. The molecule has 0 aromatic rings. The Kier molecular flexibility index (Phi) is 4.15. The Labute approximate surface area is 106 Å². The van der Waals surface area contributed by atoms with E-state index in [0.29, 0.717) is 6.42 Å². The number of halogens is 3. The minimum absolute atomic E-state index is 0. The number of nitrogens with zero attached hydrogens (tertiary/aromatic N) is 1. The van der Waals surface area contributed by atoms with E-state index in [1.165, 1.54) is 0 Å². The zero-order valence-electron chi connectivity index (χ0n) is 8.50. The van der Waals surface area contributed by atoms with Crippen molar-refractivity contribution in [1.29, 1.82) is 0 Å². The van der Waals surface area contributed by atoms with Gasteiger partial charge in [0.15, 0.2) is 0 Å². The molecule has 1 heterocycles. The summed E-state index contributed by atoms with van der Waals surface area (Å²) in [5.74, 6) is -0.0598. The van der Waals surface area contributed by atoms with Gasteiger partial charge in [0, 0.05) is 25.7 Å². The average molecular weight is 274 g/mol. The van der Waals surface area contributed by atoms with Crippen molar-refractivity contribution in [3.05, 3.63) is 0 Å². The minimum atomic E-state index is -0.790. The third-order valence-electron chi connectivity index (χ3n) is 2.91.